The van der Waals surface area contributed by atoms with E-state index in [1.165, 1.54) is 11.3 Å². The number of para-hydroxylation sites is 1. The van der Waals surface area contributed by atoms with Crippen molar-refractivity contribution in [1.82, 2.24) is 0 Å². The van der Waals surface area contributed by atoms with Gasteiger partial charge in [-0.3, -0.25) is 10.4 Å². The normalized spacial score (nSPS) is 21.4. The maximum absolute atomic E-state index is 9.48. The van der Waals surface area contributed by atoms with Crippen molar-refractivity contribution in [2.24, 2.45) is 0 Å². The number of benzene rings is 2. The number of fused-ring (bicyclic) bond motifs is 2. The molecule has 148 valence electrons. The van der Waals surface area contributed by atoms with Crippen molar-refractivity contribution in [2.45, 2.75) is 29.4 Å². The van der Waals surface area contributed by atoms with Crippen LogP contribution in [0.3, 0.4) is 0 Å². The van der Waals surface area contributed by atoms with E-state index in [4.69, 9.17) is 4.74 Å². The standard InChI is InChI=1S/C21H22I2N2O3/c1-20(2)17-5-3-4-6-18(17)24(10-9-22)21(20)8-7-14-11-16(25(26)27)12-15(13-23)19(14)28-21/h3-8,11-12,26-27H,9-10,13H2,1-2H3. The van der Waals surface area contributed by atoms with Crippen LogP contribution in [0.2, 0.25) is 0 Å². The fourth-order valence-electron chi connectivity index (χ4n) is 4.35. The molecule has 2 heterocycles. The maximum Gasteiger partial charge on any atom is 0.212 e. The summed E-state index contributed by atoms with van der Waals surface area (Å²) in [4.78, 5) is 2.36. The molecule has 0 amide bonds. The van der Waals surface area contributed by atoms with Gasteiger partial charge in [-0.1, -0.05) is 63.4 Å². The van der Waals surface area contributed by atoms with Crippen LogP contribution >= 0.6 is 45.2 Å². The Morgan fingerprint density at radius 2 is 1.89 bits per heavy atom. The van der Waals surface area contributed by atoms with Crippen molar-refractivity contribution in [2.75, 3.05) is 21.1 Å². The lowest BCUT2D eigenvalue weighted by atomic mass is 9.76. The highest BCUT2D eigenvalue weighted by Gasteiger charge is 2.58. The number of nitrogens with zero attached hydrogens (tertiary/aromatic N) is 2. The Bertz CT molecular complexity index is 945. The molecular formula is C21H22I2N2O3. The summed E-state index contributed by atoms with van der Waals surface area (Å²) in [5.41, 5.74) is 3.71. The van der Waals surface area contributed by atoms with Gasteiger partial charge in [-0.25, -0.2) is 0 Å². The smallest absolute Gasteiger partial charge is 0.212 e. The molecule has 1 unspecified atom stereocenters. The van der Waals surface area contributed by atoms with Crippen molar-refractivity contribution in [1.29, 1.82) is 0 Å². The zero-order valence-corrected chi connectivity index (χ0v) is 20.0. The molecule has 0 radical (unpaired) electrons. The quantitative estimate of drug-likeness (QED) is 0.273. The molecule has 2 aliphatic rings. The highest BCUT2D eigenvalue weighted by molar-refractivity contribution is 14.1. The highest BCUT2D eigenvalue weighted by Crippen LogP contribution is 2.55. The zero-order chi connectivity index (χ0) is 20.1. The number of rotatable bonds is 4. The van der Waals surface area contributed by atoms with E-state index in [2.05, 4.69) is 100 Å². The maximum atomic E-state index is 9.48. The lowest BCUT2D eigenvalue weighted by Gasteiger charge is -2.47. The van der Waals surface area contributed by atoms with Gasteiger partial charge < -0.3 is 9.64 Å². The molecule has 0 saturated heterocycles. The average molecular weight is 604 g/mol. The van der Waals surface area contributed by atoms with Gasteiger partial charge in [0, 0.05) is 32.2 Å². The molecule has 2 aromatic carbocycles. The van der Waals surface area contributed by atoms with Crippen LogP contribution in [-0.4, -0.2) is 27.1 Å². The molecule has 1 atom stereocenters. The van der Waals surface area contributed by atoms with Crippen LogP contribution in [0, 0.1) is 0 Å². The first-order valence-corrected chi connectivity index (χ1v) is 12.1. The highest BCUT2D eigenvalue weighted by atomic mass is 127. The summed E-state index contributed by atoms with van der Waals surface area (Å²) in [5.74, 6) is 0.807. The fraction of sp³-hybridized carbons (Fsp3) is 0.333. The topological polar surface area (TPSA) is 56.2 Å². The number of anilines is 2. The van der Waals surface area contributed by atoms with E-state index in [9.17, 15) is 10.4 Å². The minimum Gasteiger partial charge on any atom is -0.462 e. The first-order chi connectivity index (χ1) is 13.4. The summed E-state index contributed by atoms with van der Waals surface area (Å²) in [7, 11) is 0. The Morgan fingerprint density at radius 1 is 1.14 bits per heavy atom. The second-order valence-electron chi connectivity index (χ2n) is 7.56. The van der Waals surface area contributed by atoms with Gasteiger partial charge in [0.1, 0.15) is 5.75 Å². The third-order valence-corrected chi connectivity index (χ3v) is 7.08. The van der Waals surface area contributed by atoms with Crippen molar-refractivity contribution in [3.63, 3.8) is 0 Å². The Kier molecular flexibility index (Phi) is 5.30. The second kappa shape index (κ2) is 7.33. The fourth-order valence-corrected chi connectivity index (χ4v) is 5.40. The van der Waals surface area contributed by atoms with Gasteiger partial charge in [0.25, 0.3) is 0 Å². The number of hydrogen-bond donors (Lipinski definition) is 2. The number of halogens is 2. The third kappa shape index (κ3) is 2.85. The van der Waals surface area contributed by atoms with E-state index in [-0.39, 0.29) is 10.6 Å². The summed E-state index contributed by atoms with van der Waals surface area (Å²) in [6.45, 7) is 5.34. The van der Waals surface area contributed by atoms with Crippen LogP contribution in [0.4, 0.5) is 11.4 Å². The van der Waals surface area contributed by atoms with Crippen LogP contribution in [0.25, 0.3) is 6.08 Å². The number of alkyl halides is 2. The largest absolute Gasteiger partial charge is 0.462 e. The van der Waals surface area contributed by atoms with Crippen LogP contribution < -0.4 is 14.9 Å². The zero-order valence-electron chi connectivity index (χ0n) is 15.7. The molecule has 0 aromatic heterocycles. The summed E-state index contributed by atoms with van der Waals surface area (Å²) in [6.07, 6.45) is 4.18. The molecule has 0 bridgehead atoms. The van der Waals surface area contributed by atoms with Gasteiger partial charge >= 0.3 is 0 Å². The minimum absolute atomic E-state index is 0.159. The molecule has 2 N–H and O–H groups in total. The van der Waals surface area contributed by atoms with Gasteiger partial charge in [0.05, 0.1) is 11.1 Å². The van der Waals surface area contributed by atoms with E-state index in [0.717, 1.165) is 27.8 Å². The van der Waals surface area contributed by atoms with Gasteiger partial charge in [-0.05, 0) is 49.8 Å². The van der Waals surface area contributed by atoms with E-state index < -0.39 is 5.72 Å². The Labute approximate surface area is 192 Å². The summed E-state index contributed by atoms with van der Waals surface area (Å²) < 4.78 is 8.53. The predicted octanol–water partition coefficient (Wildman–Crippen LogP) is 5.54. The number of hydrogen-bond acceptors (Lipinski definition) is 5. The van der Waals surface area contributed by atoms with Gasteiger partial charge in [-0.15, -0.1) is 5.23 Å². The Morgan fingerprint density at radius 3 is 2.57 bits per heavy atom. The van der Waals surface area contributed by atoms with Crippen molar-refractivity contribution >= 4 is 62.6 Å². The molecular weight excluding hydrogens is 582 g/mol. The number of ether oxygens (including phenoxy) is 1. The van der Waals surface area contributed by atoms with Gasteiger partial charge in [0.2, 0.25) is 5.72 Å². The van der Waals surface area contributed by atoms with E-state index in [0.29, 0.717) is 10.1 Å². The summed E-state index contributed by atoms with van der Waals surface area (Å²) in [5, 5.41) is 19.1. The van der Waals surface area contributed by atoms with Crippen LogP contribution in [0.5, 0.6) is 5.75 Å². The SMILES string of the molecule is CC1(C)c2ccccc2N(CCI)C12C=Cc1cc(N(O)O)cc(CI)c1O2. The third-order valence-electron chi connectivity index (χ3n) is 5.77. The second-order valence-corrected chi connectivity index (χ2v) is 9.40. The molecule has 7 heteroatoms. The Hall–Kier alpha value is -1.04. The molecule has 0 saturated carbocycles. The van der Waals surface area contributed by atoms with Crippen LogP contribution in [0.15, 0.2) is 42.5 Å². The lowest BCUT2D eigenvalue weighted by Crippen LogP contribution is -2.60. The summed E-state index contributed by atoms with van der Waals surface area (Å²) >= 11 is 4.69. The average Bonchev–Trinajstić information content (AvgIpc) is 2.86. The van der Waals surface area contributed by atoms with E-state index in [1.54, 1.807) is 12.1 Å². The predicted molar refractivity (Wildman–Crippen MR) is 128 cm³/mol. The first kappa shape index (κ1) is 20.2. The molecule has 2 aliphatic heterocycles. The molecule has 4 rings (SSSR count). The molecule has 2 aromatic rings. The van der Waals surface area contributed by atoms with Crippen molar-refractivity contribution < 1.29 is 15.2 Å². The molecule has 0 aliphatic carbocycles. The summed E-state index contributed by atoms with van der Waals surface area (Å²) in [6, 6.07) is 12.0. The molecule has 0 fully saturated rings. The minimum atomic E-state index is -0.630. The van der Waals surface area contributed by atoms with E-state index >= 15 is 0 Å². The molecule has 28 heavy (non-hydrogen) atoms. The molecule has 1 spiro atoms. The van der Waals surface area contributed by atoms with Crippen LogP contribution in [-0.2, 0) is 9.84 Å². The lowest BCUT2D eigenvalue weighted by molar-refractivity contribution is 0.0288. The monoisotopic (exact) mass is 604 g/mol. The first-order valence-electron chi connectivity index (χ1n) is 9.08. The molecule has 5 nitrogen and oxygen atoms in total. The van der Waals surface area contributed by atoms with Crippen molar-refractivity contribution in [3.8, 4) is 5.75 Å². The van der Waals surface area contributed by atoms with Crippen LogP contribution in [0.1, 0.15) is 30.5 Å². The van der Waals surface area contributed by atoms with Gasteiger partial charge in [0.15, 0.2) is 0 Å². The Balaban J connectivity index is 1.90. The van der Waals surface area contributed by atoms with Gasteiger partial charge in [-0.2, -0.15) is 0 Å². The van der Waals surface area contributed by atoms with Crippen molar-refractivity contribution in [3.05, 3.63) is 59.2 Å². The van der Waals surface area contributed by atoms with E-state index in [1.807, 2.05) is 0 Å².